The van der Waals surface area contributed by atoms with Crippen molar-refractivity contribution in [3.05, 3.63) is 0 Å². The van der Waals surface area contributed by atoms with Gasteiger partial charge < -0.3 is 25.6 Å². The summed E-state index contributed by atoms with van der Waals surface area (Å²) in [5, 5.41) is 9.52. The van der Waals surface area contributed by atoms with Gasteiger partial charge in [0.15, 0.2) is 5.96 Å². The standard InChI is InChI=1S/C18H37N5O2/c1-6-12-23-13-8-15(9-14-23)22-16(19-7-2)20-10-11-21-17(24)25-18(3,4)5/h15H,6-14H2,1-5H3,(H,21,24)(H2,19,20,22). The number of nitrogens with one attached hydrogen (secondary N) is 3. The fourth-order valence-corrected chi connectivity index (χ4v) is 2.77. The number of aliphatic imine (C=N–C) groups is 1. The van der Waals surface area contributed by atoms with E-state index in [1.165, 1.54) is 13.0 Å². The van der Waals surface area contributed by atoms with Crippen LogP contribution in [-0.2, 0) is 4.74 Å². The number of amides is 1. The maximum atomic E-state index is 11.6. The number of hydrogen-bond donors (Lipinski definition) is 3. The minimum Gasteiger partial charge on any atom is -0.444 e. The van der Waals surface area contributed by atoms with Gasteiger partial charge >= 0.3 is 6.09 Å². The van der Waals surface area contributed by atoms with E-state index in [0.717, 1.165) is 38.4 Å². The highest BCUT2D eigenvalue weighted by Gasteiger charge is 2.19. The first-order chi connectivity index (χ1) is 11.8. The zero-order valence-corrected chi connectivity index (χ0v) is 16.7. The number of guanidine groups is 1. The Balaban J connectivity index is 2.33. The van der Waals surface area contributed by atoms with Crippen molar-refractivity contribution in [1.82, 2.24) is 20.9 Å². The third kappa shape index (κ3) is 10.2. The average Bonchev–Trinajstić information content (AvgIpc) is 2.52. The molecule has 0 aromatic heterocycles. The molecule has 1 amide bonds. The van der Waals surface area contributed by atoms with Crippen LogP contribution in [0.5, 0.6) is 0 Å². The van der Waals surface area contributed by atoms with Gasteiger partial charge in [-0.3, -0.25) is 4.99 Å². The minimum absolute atomic E-state index is 0.399. The topological polar surface area (TPSA) is 78.0 Å². The first kappa shape index (κ1) is 21.5. The fourth-order valence-electron chi connectivity index (χ4n) is 2.77. The number of nitrogens with zero attached hydrogens (tertiary/aromatic N) is 2. The lowest BCUT2D eigenvalue weighted by Crippen LogP contribution is -2.49. The molecule has 1 saturated heterocycles. The third-order valence-corrected chi connectivity index (χ3v) is 3.86. The molecule has 7 heteroatoms. The zero-order valence-electron chi connectivity index (χ0n) is 16.7. The first-order valence-corrected chi connectivity index (χ1v) is 9.58. The van der Waals surface area contributed by atoms with Crippen molar-refractivity contribution in [2.24, 2.45) is 4.99 Å². The highest BCUT2D eigenvalue weighted by Crippen LogP contribution is 2.10. The average molecular weight is 356 g/mol. The summed E-state index contributed by atoms with van der Waals surface area (Å²) in [6, 6.07) is 0.463. The summed E-state index contributed by atoms with van der Waals surface area (Å²) in [4.78, 5) is 18.7. The van der Waals surface area contributed by atoms with Crippen molar-refractivity contribution in [2.75, 3.05) is 39.3 Å². The lowest BCUT2D eigenvalue weighted by molar-refractivity contribution is 0.0529. The Bertz CT molecular complexity index is 412. The second-order valence-electron chi connectivity index (χ2n) is 7.45. The quantitative estimate of drug-likeness (QED) is 0.370. The number of alkyl carbamates (subject to hydrolysis) is 1. The predicted molar refractivity (Wildman–Crippen MR) is 103 cm³/mol. The zero-order chi connectivity index (χ0) is 18.7. The van der Waals surface area contributed by atoms with E-state index in [9.17, 15) is 4.79 Å². The number of likely N-dealkylation sites (tertiary alicyclic amines) is 1. The van der Waals surface area contributed by atoms with Gasteiger partial charge in [-0.15, -0.1) is 0 Å². The molecule has 25 heavy (non-hydrogen) atoms. The molecule has 1 fully saturated rings. The van der Waals surface area contributed by atoms with E-state index in [2.05, 4.69) is 39.7 Å². The van der Waals surface area contributed by atoms with Crippen molar-refractivity contribution < 1.29 is 9.53 Å². The van der Waals surface area contributed by atoms with Gasteiger partial charge in [-0.25, -0.2) is 4.79 Å². The van der Waals surface area contributed by atoms with E-state index in [0.29, 0.717) is 19.1 Å². The molecule has 1 aliphatic rings. The Morgan fingerprint density at radius 1 is 1.20 bits per heavy atom. The molecular formula is C18H37N5O2. The monoisotopic (exact) mass is 355 g/mol. The summed E-state index contributed by atoms with van der Waals surface area (Å²) in [7, 11) is 0. The van der Waals surface area contributed by atoms with Crippen molar-refractivity contribution in [1.29, 1.82) is 0 Å². The van der Waals surface area contributed by atoms with Gasteiger partial charge in [0.25, 0.3) is 0 Å². The SMILES string of the molecule is CCCN1CCC(NC(=NCCNC(=O)OC(C)(C)C)NCC)CC1. The molecule has 0 spiro atoms. The van der Waals surface area contributed by atoms with E-state index in [1.807, 2.05) is 20.8 Å². The molecule has 1 aliphatic heterocycles. The van der Waals surface area contributed by atoms with Crippen molar-refractivity contribution >= 4 is 12.1 Å². The molecule has 0 radical (unpaired) electrons. The van der Waals surface area contributed by atoms with Gasteiger partial charge in [-0.05, 0) is 53.5 Å². The largest absolute Gasteiger partial charge is 0.444 e. The van der Waals surface area contributed by atoms with Gasteiger partial charge in [0, 0.05) is 32.2 Å². The van der Waals surface area contributed by atoms with Gasteiger partial charge in [0.2, 0.25) is 0 Å². The first-order valence-electron chi connectivity index (χ1n) is 9.58. The normalized spacial score (nSPS) is 17.2. The van der Waals surface area contributed by atoms with Crippen molar-refractivity contribution in [2.45, 2.75) is 65.5 Å². The number of ether oxygens (including phenoxy) is 1. The Morgan fingerprint density at radius 2 is 1.88 bits per heavy atom. The molecule has 7 nitrogen and oxygen atoms in total. The van der Waals surface area contributed by atoms with Crippen LogP contribution in [0.2, 0.25) is 0 Å². The number of rotatable bonds is 7. The van der Waals surface area contributed by atoms with Crippen LogP contribution in [0.25, 0.3) is 0 Å². The van der Waals surface area contributed by atoms with Crippen LogP contribution in [-0.4, -0.2) is 67.9 Å². The van der Waals surface area contributed by atoms with Crippen LogP contribution in [0.1, 0.15) is 53.9 Å². The number of piperidine rings is 1. The molecular weight excluding hydrogens is 318 g/mol. The molecule has 1 rings (SSSR count). The van der Waals surface area contributed by atoms with Crippen LogP contribution in [0, 0.1) is 0 Å². The Hall–Kier alpha value is -1.50. The molecule has 0 atom stereocenters. The Morgan fingerprint density at radius 3 is 2.44 bits per heavy atom. The number of hydrogen-bond acceptors (Lipinski definition) is 4. The van der Waals surface area contributed by atoms with E-state index in [4.69, 9.17) is 4.74 Å². The van der Waals surface area contributed by atoms with Crippen LogP contribution in [0.3, 0.4) is 0 Å². The highest BCUT2D eigenvalue weighted by molar-refractivity contribution is 5.80. The second-order valence-corrected chi connectivity index (χ2v) is 7.45. The summed E-state index contributed by atoms with van der Waals surface area (Å²) < 4.78 is 5.21. The van der Waals surface area contributed by atoms with Crippen LogP contribution >= 0.6 is 0 Å². The smallest absolute Gasteiger partial charge is 0.407 e. The lowest BCUT2D eigenvalue weighted by Gasteiger charge is -2.32. The number of carbonyl (C=O) groups is 1. The molecule has 0 saturated carbocycles. The molecule has 0 aromatic carbocycles. The summed E-state index contributed by atoms with van der Waals surface area (Å²) in [5.74, 6) is 0.822. The van der Waals surface area contributed by atoms with Crippen LogP contribution in [0.15, 0.2) is 4.99 Å². The predicted octanol–water partition coefficient (Wildman–Crippen LogP) is 1.94. The molecule has 146 valence electrons. The second kappa shape index (κ2) is 11.2. The van der Waals surface area contributed by atoms with Gasteiger partial charge in [-0.2, -0.15) is 0 Å². The fraction of sp³-hybridized carbons (Fsp3) is 0.889. The molecule has 0 unspecified atom stereocenters. The summed E-state index contributed by atoms with van der Waals surface area (Å²) in [6.45, 7) is 15.1. The molecule has 0 aromatic rings. The molecule has 3 N–H and O–H groups in total. The van der Waals surface area contributed by atoms with Gasteiger partial charge in [-0.1, -0.05) is 6.92 Å². The maximum Gasteiger partial charge on any atom is 0.407 e. The van der Waals surface area contributed by atoms with Crippen LogP contribution < -0.4 is 16.0 Å². The van der Waals surface area contributed by atoms with E-state index < -0.39 is 11.7 Å². The highest BCUT2D eigenvalue weighted by atomic mass is 16.6. The van der Waals surface area contributed by atoms with E-state index in [-0.39, 0.29) is 0 Å². The summed E-state index contributed by atoms with van der Waals surface area (Å²) in [6.07, 6.45) is 3.09. The third-order valence-electron chi connectivity index (χ3n) is 3.86. The van der Waals surface area contributed by atoms with Gasteiger partial charge in [0.1, 0.15) is 5.60 Å². The Labute approximate surface area is 153 Å². The minimum atomic E-state index is -0.476. The summed E-state index contributed by atoms with van der Waals surface area (Å²) >= 11 is 0. The lowest BCUT2D eigenvalue weighted by atomic mass is 10.1. The number of carbonyl (C=O) groups excluding carboxylic acids is 1. The molecule has 0 bridgehead atoms. The molecule has 1 heterocycles. The van der Waals surface area contributed by atoms with E-state index in [1.54, 1.807) is 0 Å². The molecule has 0 aliphatic carbocycles. The van der Waals surface area contributed by atoms with Crippen LogP contribution in [0.4, 0.5) is 4.79 Å². The maximum absolute atomic E-state index is 11.6. The van der Waals surface area contributed by atoms with Crippen molar-refractivity contribution in [3.8, 4) is 0 Å². The van der Waals surface area contributed by atoms with Gasteiger partial charge in [0.05, 0.1) is 6.54 Å². The van der Waals surface area contributed by atoms with E-state index >= 15 is 0 Å². The van der Waals surface area contributed by atoms with Crippen molar-refractivity contribution in [3.63, 3.8) is 0 Å². The summed E-state index contributed by atoms with van der Waals surface area (Å²) in [5.41, 5.74) is -0.476. The Kier molecular flexibility index (Phi) is 9.63.